The minimum Gasteiger partial charge on any atom is -0.466 e. The van der Waals surface area contributed by atoms with Crippen LogP contribution in [0.5, 0.6) is 5.75 Å². The minimum absolute atomic E-state index is 0.102. The molecule has 160 valence electrons. The van der Waals surface area contributed by atoms with Gasteiger partial charge in [-0.15, -0.1) is 0 Å². The molecule has 0 aliphatic heterocycles. The number of carbonyl (C=O) groups is 1. The molecule has 0 fully saturated rings. The van der Waals surface area contributed by atoms with Gasteiger partial charge in [0, 0.05) is 19.5 Å². The van der Waals surface area contributed by atoms with Gasteiger partial charge in [-0.25, -0.2) is 17.7 Å². The van der Waals surface area contributed by atoms with Crippen LogP contribution in [-0.2, 0) is 14.6 Å². The highest BCUT2D eigenvalue weighted by Crippen LogP contribution is 2.34. The Labute approximate surface area is 170 Å². The number of hydrogen-bond donors (Lipinski definition) is 4. The van der Waals surface area contributed by atoms with Crippen molar-refractivity contribution in [3.63, 3.8) is 0 Å². The number of carbonyl (C=O) groups excluding carboxylic acids is 1. The van der Waals surface area contributed by atoms with Gasteiger partial charge >= 0.3 is 13.2 Å². The standard InChI is InChI=1S/C18H25N2O7PS/c21-17(28(22,23)24)19-14-8-3-9-15-20-29(25,26)18(12-6-2-7-13-18)27-16-10-4-1-5-11-16/h1-2,4-7,10-12,20H,3,8-9,13-15H2,(H,19,21)(H2,22,23,24). The topological polar surface area (TPSA) is 142 Å². The smallest absolute Gasteiger partial charge is 0.413 e. The van der Waals surface area contributed by atoms with Gasteiger partial charge in [0.25, 0.3) is 10.0 Å². The molecule has 1 atom stereocenters. The quantitative estimate of drug-likeness (QED) is 0.303. The summed E-state index contributed by atoms with van der Waals surface area (Å²) in [5.41, 5.74) is -1.31. The average molecular weight is 444 g/mol. The van der Waals surface area contributed by atoms with Crippen molar-refractivity contribution in [1.82, 2.24) is 10.0 Å². The van der Waals surface area contributed by atoms with Crippen molar-refractivity contribution in [3.05, 3.63) is 54.6 Å². The molecule has 0 saturated carbocycles. The second kappa shape index (κ2) is 10.2. The Morgan fingerprint density at radius 2 is 1.79 bits per heavy atom. The van der Waals surface area contributed by atoms with Crippen LogP contribution in [0.4, 0.5) is 4.79 Å². The molecule has 1 unspecified atom stereocenters. The third-order valence-corrected chi connectivity index (χ3v) is 6.74. The normalized spacial score (nSPS) is 19.1. The summed E-state index contributed by atoms with van der Waals surface area (Å²) in [6, 6.07) is 8.71. The van der Waals surface area contributed by atoms with E-state index in [1.165, 1.54) is 6.08 Å². The zero-order valence-electron chi connectivity index (χ0n) is 15.7. The lowest BCUT2D eigenvalue weighted by atomic mass is 10.1. The molecule has 1 aromatic rings. The van der Waals surface area contributed by atoms with E-state index in [1.807, 2.05) is 6.07 Å². The number of benzene rings is 1. The van der Waals surface area contributed by atoms with Crippen LogP contribution >= 0.6 is 7.60 Å². The lowest BCUT2D eigenvalue weighted by molar-refractivity contribution is 0.201. The number of ether oxygens (including phenoxy) is 1. The Bertz CT molecular complexity index is 896. The molecular weight excluding hydrogens is 419 g/mol. The fourth-order valence-corrected chi connectivity index (χ4v) is 4.41. The van der Waals surface area contributed by atoms with Gasteiger partial charge in [-0.2, -0.15) is 0 Å². The van der Waals surface area contributed by atoms with E-state index in [-0.39, 0.29) is 19.5 Å². The molecule has 4 N–H and O–H groups in total. The SMILES string of the molecule is O=C(NCCCCCNS(=O)(=O)C1(Oc2ccccc2)C=CC=CC1)P(=O)(O)O. The van der Waals surface area contributed by atoms with Crippen LogP contribution in [-0.4, -0.2) is 41.9 Å². The maximum atomic E-state index is 12.9. The second-order valence-corrected chi connectivity index (χ2v) is 9.93. The van der Waals surface area contributed by atoms with Crippen LogP contribution in [0.15, 0.2) is 54.6 Å². The van der Waals surface area contributed by atoms with Crippen LogP contribution in [0.25, 0.3) is 0 Å². The van der Waals surface area contributed by atoms with E-state index in [0.717, 1.165) is 0 Å². The summed E-state index contributed by atoms with van der Waals surface area (Å²) in [4.78, 5) is 26.9. The number of unbranched alkanes of at least 4 members (excludes halogenated alkanes) is 2. The van der Waals surface area contributed by atoms with E-state index < -0.39 is 28.2 Å². The highest BCUT2D eigenvalue weighted by Gasteiger charge is 2.43. The van der Waals surface area contributed by atoms with E-state index in [9.17, 15) is 17.8 Å². The molecular formula is C18H25N2O7PS. The highest BCUT2D eigenvalue weighted by molar-refractivity contribution is 7.90. The van der Waals surface area contributed by atoms with Gasteiger partial charge in [-0.1, -0.05) is 42.8 Å². The number of allylic oxidation sites excluding steroid dienone is 2. The van der Waals surface area contributed by atoms with Gasteiger partial charge < -0.3 is 19.8 Å². The number of nitrogens with one attached hydrogen (secondary N) is 2. The monoisotopic (exact) mass is 444 g/mol. The van der Waals surface area contributed by atoms with E-state index in [2.05, 4.69) is 10.0 Å². The van der Waals surface area contributed by atoms with Gasteiger partial charge in [0.1, 0.15) is 5.75 Å². The van der Waals surface area contributed by atoms with Crippen molar-refractivity contribution in [2.75, 3.05) is 13.1 Å². The Morgan fingerprint density at radius 3 is 2.41 bits per heavy atom. The van der Waals surface area contributed by atoms with Gasteiger partial charge in [-0.3, -0.25) is 4.79 Å². The molecule has 1 aliphatic carbocycles. The Kier molecular flexibility index (Phi) is 8.18. The van der Waals surface area contributed by atoms with E-state index in [4.69, 9.17) is 14.5 Å². The summed E-state index contributed by atoms with van der Waals surface area (Å²) < 4.78 is 45.0. The molecule has 0 bridgehead atoms. The summed E-state index contributed by atoms with van der Waals surface area (Å²) in [5, 5.41) is 2.14. The third-order valence-electron chi connectivity index (χ3n) is 4.17. The fraction of sp³-hybridized carbons (Fsp3) is 0.389. The number of sulfonamides is 1. The minimum atomic E-state index is -4.76. The Balaban J connectivity index is 1.85. The van der Waals surface area contributed by atoms with Crippen molar-refractivity contribution in [3.8, 4) is 5.75 Å². The molecule has 11 heteroatoms. The predicted molar refractivity (Wildman–Crippen MR) is 109 cm³/mol. The first-order valence-corrected chi connectivity index (χ1v) is 12.2. The van der Waals surface area contributed by atoms with Crippen molar-refractivity contribution >= 4 is 23.3 Å². The molecule has 9 nitrogen and oxygen atoms in total. The average Bonchev–Trinajstić information content (AvgIpc) is 2.67. The Morgan fingerprint density at radius 1 is 1.10 bits per heavy atom. The molecule has 0 spiro atoms. The number of amides is 1. The number of para-hydroxylation sites is 1. The van der Waals surface area contributed by atoms with Crippen LogP contribution in [0, 0.1) is 0 Å². The van der Waals surface area contributed by atoms with Crippen molar-refractivity contribution in [2.45, 2.75) is 30.6 Å². The van der Waals surface area contributed by atoms with Crippen LogP contribution in [0.3, 0.4) is 0 Å². The first kappa shape index (κ1) is 23.3. The summed E-state index contributed by atoms with van der Waals surface area (Å²) in [5.74, 6) is 0.443. The Hall–Kier alpha value is -1.97. The lowest BCUT2D eigenvalue weighted by Crippen LogP contribution is -2.49. The molecule has 0 radical (unpaired) electrons. The summed E-state index contributed by atoms with van der Waals surface area (Å²) in [7, 11) is -8.61. The number of hydrogen-bond acceptors (Lipinski definition) is 5. The predicted octanol–water partition coefficient (Wildman–Crippen LogP) is 2.25. The summed E-state index contributed by atoms with van der Waals surface area (Å²) in [6.45, 7) is 0.275. The van der Waals surface area contributed by atoms with Crippen molar-refractivity contribution < 1.29 is 32.3 Å². The second-order valence-electron chi connectivity index (χ2n) is 6.45. The van der Waals surface area contributed by atoms with Crippen LogP contribution in [0.2, 0.25) is 0 Å². The molecule has 1 amide bonds. The van der Waals surface area contributed by atoms with Gasteiger partial charge in [0.05, 0.1) is 0 Å². The molecule has 0 heterocycles. The molecule has 1 aromatic carbocycles. The summed E-state index contributed by atoms with van der Waals surface area (Å²) in [6.07, 6.45) is 8.32. The zero-order valence-corrected chi connectivity index (χ0v) is 17.4. The highest BCUT2D eigenvalue weighted by atomic mass is 32.2. The van der Waals surface area contributed by atoms with Crippen LogP contribution < -0.4 is 14.8 Å². The zero-order chi connectivity index (χ0) is 21.4. The van der Waals surface area contributed by atoms with E-state index >= 15 is 0 Å². The van der Waals surface area contributed by atoms with Crippen LogP contribution in [0.1, 0.15) is 25.7 Å². The van der Waals surface area contributed by atoms with E-state index in [1.54, 1.807) is 42.5 Å². The molecule has 0 saturated heterocycles. The van der Waals surface area contributed by atoms with Gasteiger partial charge in [0.2, 0.25) is 4.93 Å². The maximum Gasteiger partial charge on any atom is 0.413 e. The van der Waals surface area contributed by atoms with Crippen molar-refractivity contribution in [1.29, 1.82) is 0 Å². The largest absolute Gasteiger partial charge is 0.466 e. The molecule has 2 rings (SSSR count). The molecule has 29 heavy (non-hydrogen) atoms. The first-order valence-electron chi connectivity index (χ1n) is 9.08. The molecule has 1 aliphatic rings. The van der Waals surface area contributed by atoms with E-state index in [0.29, 0.717) is 25.0 Å². The van der Waals surface area contributed by atoms with Gasteiger partial charge in [0.15, 0.2) is 0 Å². The first-order chi connectivity index (χ1) is 13.7. The summed E-state index contributed by atoms with van der Waals surface area (Å²) >= 11 is 0. The third kappa shape index (κ3) is 6.80. The number of rotatable bonds is 11. The van der Waals surface area contributed by atoms with Gasteiger partial charge in [-0.05, 0) is 31.1 Å². The molecule has 0 aromatic heterocycles. The fourth-order valence-electron chi connectivity index (χ4n) is 2.65. The maximum absolute atomic E-state index is 12.9. The lowest BCUT2D eigenvalue weighted by Gasteiger charge is -2.31. The van der Waals surface area contributed by atoms with Crippen molar-refractivity contribution in [2.24, 2.45) is 0 Å².